The third kappa shape index (κ3) is 6.58. The fourth-order valence-corrected chi connectivity index (χ4v) is 7.38. The van der Waals surface area contributed by atoms with Gasteiger partial charge in [-0.25, -0.2) is 14.6 Å². The van der Waals surface area contributed by atoms with Crippen LogP contribution in [0.5, 0.6) is 11.5 Å². The Balaban J connectivity index is 1.52. The summed E-state index contributed by atoms with van der Waals surface area (Å²) in [5.74, 6) is -0.462. The highest BCUT2D eigenvalue weighted by Crippen LogP contribution is 2.37. The van der Waals surface area contributed by atoms with Crippen LogP contribution in [0.4, 0.5) is 0 Å². The van der Waals surface area contributed by atoms with E-state index in [1.54, 1.807) is 32.0 Å². The number of para-hydroxylation sites is 1. The maximum atomic E-state index is 14.5. The number of carbonyl (C=O) groups excluding carboxylic acids is 2. The highest BCUT2D eigenvalue weighted by atomic mass is 35.5. The van der Waals surface area contributed by atoms with Gasteiger partial charge in [0.15, 0.2) is 22.9 Å². The Morgan fingerprint density at radius 1 is 0.980 bits per heavy atom. The van der Waals surface area contributed by atoms with Crippen LogP contribution in [0, 0.1) is 6.92 Å². The molecule has 10 nitrogen and oxygen atoms in total. The summed E-state index contributed by atoms with van der Waals surface area (Å²) >= 11 is 7.80. The summed E-state index contributed by atoms with van der Waals surface area (Å²) in [4.78, 5) is 44.9. The number of hydrogen-bond acceptors (Lipinski definition) is 9. The van der Waals surface area contributed by atoms with Crippen LogP contribution < -0.4 is 24.4 Å². The first-order chi connectivity index (χ1) is 24.2. The van der Waals surface area contributed by atoms with Crippen LogP contribution in [0.25, 0.3) is 17.0 Å². The molecule has 1 aliphatic heterocycles. The van der Waals surface area contributed by atoms with E-state index in [4.69, 9.17) is 35.5 Å². The molecule has 12 heteroatoms. The van der Waals surface area contributed by atoms with Gasteiger partial charge in [-0.1, -0.05) is 65.4 Å². The molecule has 0 saturated carbocycles. The van der Waals surface area contributed by atoms with E-state index in [2.05, 4.69) is 10.6 Å². The number of benzene rings is 3. The Morgan fingerprint density at radius 2 is 1.74 bits per heavy atom. The van der Waals surface area contributed by atoms with Crippen LogP contribution in [0.2, 0.25) is 5.02 Å². The normalized spacial score (nSPS) is 14.4. The Morgan fingerprint density at radius 3 is 2.48 bits per heavy atom. The van der Waals surface area contributed by atoms with E-state index in [0.717, 1.165) is 27.7 Å². The first-order valence-corrected chi connectivity index (χ1v) is 17.3. The first-order valence-electron chi connectivity index (χ1n) is 16.1. The fraction of sp³-hybridized carbons (Fsp3) is 0.263. The van der Waals surface area contributed by atoms with Gasteiger partial charge < -0.3 is 23.5 Å². The molecule has 0 fully saturated rings. The van der Waals surface area contributed by atoms with Crippen LogP contribution in [0.15, 0.2) is 87.8 Å². The van der Waals surface area contributed by atoms with Crippen molar-refractivity contribution in [2.45, 2.75) is 40.3 Å². The molecule has 1 aliphatic rings. The summed E-state index contributed by atoms with van der Waals surface area (Å²) in [6.45, 7) is 8.02. The highest BCUT2D eigenvalue weighted by molar-refractivity contribution is 7.07. The number of methoxy groups -OCH3 is 1. The standard InChI is InChI=1S/C38H36ClN3O7S/c1-6-47-31-18-24(16-17-30(31)49-21-33(43)46-5)35-34(37(45)48-7-2)22(3)40-38-42(35)36(44)32(50-38)19-27-23(4)41(29-15-11-9-13-26(27)29)20-25-12-8-10-14-28(25)39/h8-19,35H,6-7,20-21H2,1-5H3/b32-19+/t35-/m0/s1. The van der Waals surface area contributed by atoms with Crippen LogP contribution in [0.3, 0.4) is 0 Å². The van der Waals surface area contributed by atoms with Crippen molar-refractivity contribution in [2.24, 2.45) is 4.99 Å². The molecule has 0 N–H and O–H groups in total. The lowest BCUT2D eigenvalue weighted by Crippen LogP contribution is -2.40. The van der Waals surface area contributed by atoms with Gasteiger partial charge >= 0.3 is 11.9 Å². The molecule has 6 rings (SSSR count). The van der Waals surface area contributed by atoms with Crippen LogP contribution >= 0.6 is 22.9 Å². The van der Waals surface area contributed by atoms with Crippen molar-refractivity contribution in [3.63, 3.8) is 0 Å². The summed E-state index contributed by atoms with van der Waals surface area (Å²) in [6.07, 6.45) is 1.90. The van der Waals surface area contributed by atoms with Gasteiger partial charge in [-0.05, 0) is 69.2 Å². The van der Waals surface area contributed by atoms with Gasteiger partial charge in [0.25, 0.3) is 5.56 Å². The smallest absolute Gasteiger partial charge is 0.343 e. The number of hydrogen-bond donors (Lipinski definition) is 0. The van der Waals surface area contributed by atoms with Crippen molar-refractivity contribution in [1.82, 2.24) is 9.13 Å². The number of allylic oxidation sites excluding steroid dienone is 1. The van der Waals surface area contributed by atoms with Gasteiger partial charge in [0.2, 0.25) is 0 Å². The van der Waals surface area contributed by atoms with E-state index in [9.17, 15) is 14.4 Å². The number of thiazole rings is 1. The number of rotatable bonds is 11. The molecule has 50 heavy (non-hydrogen) atoms. The Kier molecular flexibility index (Phi) is 10.3. The number of aromatic nitrogens is 2. The molecule has 5 aromatic rings. The Hall–Kier alpha value is -5.13. The molecular formula is C38H36ClN3O7S. The van der Waals surface area contributed by atoms with Gasteiger partial charge in [-0.15, -0.1) is 0 Å². The van der Waals surface area contributed by atoms with Crippen LogP contribution in [-0.2, 0) is 25.6 Å². The number of ether oxygens (including phenoxy) is 4. The third-order valence-corrected chi connectivity index (χ3v) is 9.87. The summed E-state index contributed by atoms with van der Waals surface area (Å²) < 4.78 is 25.9. The molecule has 0 saturated heterocycles. The number of esters is 2. The van der Waals surface area contributed by atoms with Gasteiger partial charge in [-0.3, -0.25) is 9.36 Å². The van der Waals surface area contributed by atoms with Crippen molar-refractivity contribution in [3.8, 4) is 11.5 Å². The highest BCUT2D eigenvalue weighted by Gasteiger charge is 2.34. The quantitative estimate of drug-likeness (QED) is 0.161. The van der Waals surface area contributed by atoms with Crippen molar-refractivity contribution < 1.29 is 28.5 Å². The maximum absolute atomic E-state index is 14.5. The second-order valence-electron chi connectivity index (χ2n) is 11.5. The van der Waals surface area contributed by atoms with E-state index >= 15 is 0 Å². The van der Waals surface area contributed by atoms with E-state index in [1.807, 2.05) is 62.4 Å². The Labute approximate surface area is 297 Å². The summed E-state index contributed by atoms with van der Waals surface area (Å²) in [6, 6.07) is 20.0. The molecule has 0 radical (unpaired) electrons. The first kappa shape index (κ1) is 34.7. The number of carbonyl (C=O) groups is 2. The molecular weight excluding hydrogens is 678 g/mol. The Bertz CT molecular complexity index is 2340. The second-order valence-corrected chi connectivity index (χ2v) is 12.9. The molecule has 1 atom stereocenters. The zero-order valence-electron chi connectivity index (χ0n) is 28.3. The molecule has 0 spiro atoms. The van der Waals surface area contributed by atoms with Crippen molar-refractivity contribution >= 4 is 51.9 Å². The molecule has 2 aromatic heterocycles. The molecule has 3 aromatic carbocycles. The van der Waals surface area contributed by atoms with Crippen molar-refractivity contribution in [1.29, 1.82) is 0 Å². The van der Waals surface area contributed by atoms with Gasteiger partial charge in [0, 0.05) is 33.7 Å². The zero-order chi connectivity index (χ0) is 35.5. The number of halogens is 1. The molecule has 0 unspecified atom stereocenters. The predicted molar refractivity (Wildman–Crippen MR) is 193 cm³/mol. The predicted octanol–water partition coefficient (Wildman–Crippen LogP) is 5.71. The van der Waals surface area contributed by atoms with Crippen LogP contribution in [-0.4, -0.2) is 48.0 Å². The van der Waals surface area contributed by atoms with Gasteiger partial charge in [0.1, 0.15) is 0 Å². The fourth-order valence-electron chi connectivity index (χ4n) is 6.16. The molecule has 0 amide bonds. The average Bonchev–Trinajstić information content (AvgIpc) is 3.56. The lowest BCUT2D eigenvalue weighted by atomic mass is 9.95. The van der Waals surface area contributed by atoms with E-state index < -0.39 is 18.0 Å². The lowest BCUT2D eigenvalue weighted by molar-refractivity contribution is -0.143. The van der Waals surface area contributed by atoms with Crippen molar-refractivity contribution in [3.05, 3.63) is 125 Å². The van der Waals surface area contributed by atoms with E-state index in [0.29, 0.717) is 50.3 Å². The minimum absolute atomic E-state index is 0.148. The number of fused-ring (bicyclic) bond motifs is 2. The molecule has 258 valence electrons. The van der Waals surface area contributed by atoms with E-state index in [1.165, 1.54) is 23.0 Å². The maximum Gasteiger partial charge on any atom is 0.343 e. The second kappa shape index (κ2) is 14.8. The summed E-state index contributed by atoms with van der Waals surface area (Å²) in [5, 5.41) is 1.68. The van der Waals surface area contributed by atoms with E-state index in [-0.39, 0.29) is 24.3 Å². The van der Waals surface area contributed by atoms with Gasteiger partial charge in [0.05, 0.1) is 42.2 Å². The molecule has 0 bridgehead atoms. The molecule has 3 heterocycles. The summed E-state index contributed by atoms with van der Waals surface area (Å²) in [5.41, 5.74) is 4.83. The monoisotopic (exact) mass is 713 g/mol. The summed E-state index contributed by atoms with van der Waals surface area (Å²) in [7, 11) is 1.28. The van der Waals surface area contributed by atoms with Crippen LogP contribution in [0.1, 0.15) is 49.2 Å². The van der Waals surface area contributed by atoms with Crippen molar-refractivity contribution in [2.75, 3.05) is 26.9 Å². The third-order valence-electron chi connectivity index (χ3n) is 8.51. The minimum Gasteiger partial charge on any atom is -0.490 e. The SMILES string of the molecule is CCOC(=O)C1=C(C)N=c2s/c(=C/c3c(C)n(Cc4ccccc4Cl)c4ccccc34)c(=O)n2[C@H]1c1ccc(OCC(=O)OC)c(OCC)c1. The average molecular weight is 714 g/mol. The lowest BCUT2D eigenvalue weighted by Gasteiger charge is -2.25. The molecule has 0 aliphatic carbocycles. The topological polar surface area (TPSA) is 110 Å². The zero-order valence-corrected chi connectivity index (χ0v) is 29.9. The minimum atomic E-state index is -0.871. The number of nitrogens with zero attached hydrogens (tertiary/aromatic N) is 3. The largest absolute Gasteiger partial charge is 0.490 e. The van der Waals surface area contributed by atoms with Gasteiger partial charge in [-0.2, -0.15) is 0 Å².